The van der Waals surface area contributed by atoms with Crippen molar-refractivity contribution in [3.8, 4) is 5.88 Å². The Kier molecular flexibility index (Phi) is 4.15. The standard InChI is InChI=1S/C10H10N2O5/c1-16-9-7(5-6-12(14)15)3-4-8(11-9)10(13)17-2/h3-6H,1-2H3/b6-5+. The van der Waals surface area contributed by atoms with Gasteiger partial charge >= 0.3 is 5.97 Å². The molecule has 1 heterocycles. The maximum atomic E-state index is 11.2. The lowest BCUT2D eigenvalue weighted by Crippen LogP contribution is -2.05. The first kappa shape index (κ1) is 12.6. The zero-order valence-electron chi connectivity index (χ0n) is 9.25. The molecular formula is C10H10N2O5. The molecule has 0 amide bonds. The number of esters is 1. The van der Waals surface area contributed by atoms with E-state index in [9.17, 15) is 14.9 Å². The second-order valence-electron chi connectivity index (χ2n) is 2.89. The van der Waals surface area contributed by atoms with E-state index >= 15 is 0 Å². The van der Waals surface area contributed by atoms with Crippen LogP contribution in [0.4, 0.5) is 0 Å². The highest BCUT2D eigenvalue weighted by Gasteiger charge is 2.11. The van der Waals surface area contributed by atoms with Crippen LogP contribution < -0.4 is 4.74 Å². The fraction of sp³-hybridized carbons (Fsp3) is 0.200. The largest absolute Gasteiger partial charge is 0.481 e. The first-order valence-corrected chi connectivity index (χ1v) is 4.53. The Morgan fingerprint density at radius 2 is 2.18 bits per heavy atom. The van der Waals surface area contributed by atoms with E-state index in [1.807, 2.05) is 0 Å². The molecule has 1 aromatic rings. The molecule has 0 aliphatic heterocycles. The lowest BCUT2D eigenvalue weighted by molar-refractivity contribution is -0.400. The minimum absolute atomic E-state index is 0.0719. The van der Waals surface area contributed by atoms with Crippen molar-refractivity contribution in [1.29, 1.82) is 0 Å². The monoisotopic (exact) mass is 238 g/mol. The maximum absolute atomic E-state index is 11.2. The van der Waals surface area contributed by atoms with Crippen LogP contribution >= 0.6 is 0 Å². The molecule has 0 aliphatic rings. The SMILES string of the molecule is COC(=O)c1ccc(/C=C/[N+](=O)[O-])c(OC)n1. The molecule has 7 nitrogen and oxygen atoms in total. The fourth-order valence-corrected chi connectivity index (χ4v) is 1.10. The molecule has 0 fully saturated rings. The Hall–Kier alpha value is -2.44. The summed E-state index contributed by atoms with van der Waals surface area (Å²) in [4.78, 5) is 24.6. The van der Waals surface area contributed by atoms with Crippen molar-refractivity contribution < 1.29 is 19.2 Å². The number of pyridine rings is 1. The number of nitro groups is 1. The third-order valence-electron chi connectivity index (χ3n) is 1.85. The van der Waals surface area contributed by atoms with E-state index in [2.05, 4.69) is 9.72 Å². The van der Waals surface area contributed by atoms with Crippen molar-refractivity contribution in [2.45, 2.75) is 0 Å². The first-order chi connectivity index (χ1) is 8.08. The van der Waals surface area contributed by atoms with E-state index in [-0.39, 0.29) is 11.6 Å². The van der Waals surface area contributed by atoms with E-state index in [4.69, 9.17) is 4.74 Å². The highest BCUT2D eigenvalue weighted by Crippen LogP contribution is 2.17. The number of aromatic nitrogens is 1. The highest BCUT2D eigenvalue weighted by atomic mass is 16.6. The summed E-state index contributed by atoms with van der Waals surface area (Å²) >= 11 is 0. The number of carbonyl (C=O) groups is 1. The summed E-state index contributed by atoms with van der Waals surface area (Å²) in [5.74, 6) is -0.487. The van der Waals surface area contributed by atoms with Crippen LogP contribution in [0, 0.1) is 10.1 Å². The molecule has 0 spiro atoms. The topological polar surface area (TPSA) is 91.6 Å². The third-order valence-corrected chi connectivity index (χ3v) is 1.85. The molecule has 0 saturated heterocycles. The summed E-state index contributed by atoms with van der Waals surface area (Å²) in [7, 11) is 2.59. The number of hydrogen-bond donors (Lipinski definition) is 0. The van der Waals surface area contributed by atoms with Crippen LogP contribution in [0.5, 0.6) is 5.88 Å². The van der Waals surface area contributed by atoms with Gasteiger partial charge in [-0.3, -0.25) is 10.1 Å². The van der Waals surface area contributed by atoms with E-state index < -0.39 is 10.9 Å². The second-order valence-corrected chi connectivity index (χ2v) is 2.89. The molecule has 0 unspecified atom stereocenters. The quantitative estimate of drug-likeness (QED) is 0.443. The minimum atomic E-state index is -0.604. The van der Waals surface area contributed by atoms with E-state index in [1.54, 1.807) is 0 Å². The van der Waals surface area contributed by atoms with Gasteiger partial charge in [0, 0.05) is 11.6 Å². The average Bonchev–Trinajstić information content (AvgIpc) is 2.34. The van der Waals surface area contributed by atoms with Crippen LogP contribution in [0.15, 0.2) is 18.3 Å². The summed E-state index contributed by atoms with van der Waals surface area (Å²) in [6.07, 6.45) is 1.99. The maximum Gasteiger partial charge on any atom is 0.356 e. The lowest BCUT2D eigenvalue weighted by Gasteiger charge is -2.04. The van der Waals surface area contributed by atoms with E-state index in [0.29, 0.717) is 5.56 Å². The molecule has 90 valence electrons. The zero-order chi connectivity index (χ0) is 12.8. The minimum Gasteiger partial charge on any atom is -0.481 e. The molecular weight excluding hydrogens is 228 g/mol. The van der Waals surface area contributed by atoms with Crippen molar-refractivity contribution in [1.82, 2.24) is 4.98 Å². The molecule has 7 heteroatoms. The normalized spacial score (nSPS) is 10.2. The van der Waals surface area contributed by atoms with Crippen molar-refractivity contribution in [3.05, 3.63) is 39.7 Å². The Balaban J connectivity index is 3.09. The molecule has 0 N–H and O–H groups in total. The van der Waals surface area contributed by atoms with Gasteiger partial charge in [0.1, 0.15) is 0 Å². The molecule has 1 aromatic heterocycles. The van der Waals surface area contributed by atoms with Crippen LogP contribution in [0.3, 0.4) is 0 Å². The molecule has 0 aromatic carbocycles. The molecule has 0 atom stereocenters. The van der Waals surface area contributed by atoms with Gasteiger partial charge in [0.2, 0.25) is 12.1 Å². The first-order valence-electron chi connectivity index (χ1n) is 4.53. The van der Waals surface area contributed by atoms with Gasteiger partial charge in [-0.25, -0.2) is 9.78 Å². The Morgan fingerprint density at radius 1 is 1.47 bits per heavy atom. The smallest absolute Gasteiger partial charge is 0.356 e. The highest BCUT2D eigenvalue weighted by molar-refractivity contribution is 5.87. The number of carbonyl (C=O) groups excluding carboxylic acids is 1. The number of rotatable bonds is 4. The van der Waals surface area contributed by atoms with Crippen LogP contribution in [0.25, 0.3) is 6.08 Å². The van der Waals surface area contributed by atoms with Gasteiger partial charge < -0.3 is 9.47 Å². The molecule has 0 saturated carbocycles. The Bertz CT molecular complexity index is 470. The van der Waals surface area contributed by atoms with Gasteiger partial charge in [0.25, 0.3) is 0 Å². The van der Waals surface area contributed by atoms with Gasteiger partial charge in [-0.05, 0) is 12.1 Å². The Morgan fingerprint density at radius 3 is 2.71 bits per heavy atom. The van der Waals surface area contributed by atoms with Crippen molar-refractivity contribution in [2.24, 2.45) is 0 Å². The van der Waals surface area contributed by atoms with Crippen molar-refractivity contribution >= 4 is 12.0 Å². The van der Waals surface area contributed by atoms with Gasteiger partial charge in [-0.1, -0.05) is 0 Å². The zero-order valence-corrected chi connectivity index (χ0v) is 9.25. The third kappa shape index (κ3) is 3.26. The van der Waals surface area contributed by atoms with Gasteiger partial charge in [-0.15, -0.1) is 0 Å². The van der Waals surface area contributed by atoms with Crippen LogP contribution in [-0.4, -0.2) is 30.1 Å². The van der Waals surface area contributed by atoms with Gasteiger partial charge in [0.05, 0.1) is 19.1 Å². The number of ether oxygens (including phenoxy) is 2. The predicted octanol–water partition coefficient (Wildman–Crippen LogP) is 1.12. The molecule has 0 radical (unpaired) electrons. The van der Waals surface area contributed by atoms with Crippen LogP contribution in [0.2, 0.25) is 0 Å². The van der Waals surface area contributed by atoms with E-state index in [1.165, 1.54) is 32.4 Å². The predicted molar refractivity (Wildman–Crippen MR) is 58.2 cm³/mol. The molecule has 0 bridgehead atoms. The summed E-state index contributed by atoms with van der Waals surface area (Å²) in [6.45, 7) is 0. The number of methoxy groups -OCH3 is 2. The number of nitrogens with zero attached hydrogens (tertiary/aromatic N) is 2. The van der Waals surface area contributed by atoms with Gasteiger partial charge in [-0.2, -0.15) is 0 Å². The van der Waals surface area contributed by atoms with Crippen LogP contribution in [0.1, 0.15) is 16.1 Å². The average molecular weight is 238 g/mol. The summed E-state index contributed by atoms with van der Waals surface area (Å²) in [5, 5.41) is 10.2. The Labute approximate surface area is 96.8 Å². The van der Waals surface area contributed by atoms with Crippen molar-refractivity contribution in [2.75, 3.05) is 14.2 Å². The lowest BCUT2D eigenvalue weighted by atomic mass is 10.2. The van der Waals surface area contributed by atoms with Crippen molar-refractivity contribution in [3.63, 3.8) is 0 Å². The molecule has 17 heavy (non-hydrogen) atoms. The fourth-order valence-electron chi connectivity index (χ4n) is 1.10. The number of hydrogen-bond acceptors (Lipinski definition) is 6. The molecule has 1 rings (SSSR count). The summed E-state index contributed by atoms with van der Waals surface area (Å²) < 4.78 is 9.41. The summed E-state index contributed by atoms with van der Waals surface area (Å²) in [5.41, 5.74) is 0.472. The van der Waals surface area contributed by atoms with Gasteiger partial charge in [0.15, 0.2) is 5.69 Å². The van der Waals surface area contributed by atoms with Crippen LogP contribution in [-0.2, 0) is 4.74 Å². The van der Waals surface area contributed by atoms with E-state index in [0.717, 1.165) is 6.20 Å². The second kappa shape index (κ2) is 5.59. The summed E-state index contributed by atoms with van der Waals surface area (Å²) in [6, 6.07) is 2.88. The molecule has 0 aliphatic carbocycles.